The maximum atomic E-state index is 13.3. The first-order chi connectivity index (χ1) is 17.5. The molecule has 1 atom stereocenters. The Hall–Kier alpha value is -4.05. The van der Waals surface area contributed by atoms with E-state index in [1.165, 1.54) is 0 Å². The van der Waals surface area contributed by atoms with E-state index in [4.69, 9.17) is 34.6 Å². The van der Waals surface area contributed by atoms with Gasteiger partial charge in [0.25, 0.3) is 5.91 Å². The largest absolute Gasteiger partial charge is 0.493 e. The van der Waals surface area contributed by atoms with Crippen LogP contribution in [-0.4, -0.2) is 61.0 Å². The SMILES string of the molecule is COc1cc(Cn2c(N)c(C(=O)NCC3CCCO3)c3nc4ccccc4nc32)cc(OC)c1OC. The number of nitrogens with zero attached hydrogens (tertiary/aromatic N) is 3. The zero-order valence-corrected chi connectivity index (χ0v) is 20.5. The number of amides is 1. The molecule has 0 spiro atoms. The number of anilines is 1. The molecular weight excluding hydrogens is 462 g/mol. The highest BCUT2D eigenvalue weighted by Crippen LogP contribution is 2.39. The van der Waals surface area contributed by atoms with Crippen LogP contribution in [0.5, 0.6) is 17.2 Å². The minimum atomic E-state index is -0.304. The summed E-state index contributed by atoms with van der Waals surface area (Å²) in [6.07, 6.45) is 1.92. The van der Waals surface area contributed by atoms with Crippen molar-refractivity contribution in [3.63, 3.8) is 0 Å². The van der Waals surface area contributed by atoms with Crippen LogP contribution in [0.15, 0.2) is 36.4 Å². The lowest BCUT2D eigenvalue weighted by Gasteiger charge is -2.15. The molecule has 2 aromatic carbocycles. The van der Waals surface area contributed by atoms with Crippen molar-refractivity contribution in [2.45, 2.75) is 25.5 Å². The molecule has 0 bridgehead atoms. The van der Waals surface area contributed by atoms with Crippen molar-refractivity contribution in [3.8, 4) is 17.2 Å². The van der Waals surface area contributed by atoms with Crippen LogP contribution in [0.4, 0.5) is 5.82 Å². The van der Waals surface area contributed by atoms with E-state index in [0.29, 0.717) is 64.7 Å². The summed E-state index contributed by atoms with van der Waals surface area (Å²) in [5.74, 6) is 1.51. The molecule has 0 saturated carbocycles. The van der Waals surface area contributed by atoms with Gasteiger partial charge in [0.2, 0.25) is 5.75 Å². The van der Waals surface area contributed by atoms with Crippen LogP contribution in [0, 0.1) is 0 Å². The molecule has 1 fully saturated rings. The van der Waals surface area contributed by atoms with Gasteiger partial charge in [-0.1, -0.05) is 12.1 Å². The molecule has 1 amide bonds. The van der Waals surface area contributed by atoms with E-state index in [-0.39, 0.29) is 17.8 Å². The number of nitrogens with two attached hydrogens (primary N) is 1. The van der Waals surface area contributed by atoms with Gasteiger partial charge in [-0.05, 0) is 42.7 Å². The number of carbonyl (C=O) groups excluding carboxylic acids is 1. The molecule has 1 aliphatic rings. The topological polar surface area (TPSA) is 123 Å². The summed E-state index contributed by atoms with van der Waals surface area (Å²) in [6.45, 7) is 1.44. The number of methoxy groups -OCH3 is 3. The molecule has 5 rings (SSSR count). The van der Waals surface area contributed by atoms with Gasteiger partial charge < -0.3 is 34.6 Å². The quantitative estimate of drug-likeness (QED) is 0.385. The number of ether oxygens (including phenoxy) is 4. The van der Waals surface area contributed by atoms with Crippen LogP contribution in [0.25, 0.3) is 22.2 Å². The first-order valence-electron chi connectivity index (χ1n) is 11.8. The zero-order chi connectivity index (χ0) is 25.2. The Balaban J connectivity index is 1.61. The number of nitrogen functional groups attached to an aromatic ring is 1. The van der Waals surface area contributed by atoms with Crippen LogP contribution in [0.1, 0.15) is 28.8 Å². The molecule has 0 aliphatic carbocycles. The molecule has 0 radical (unpaired) electrons. The van der Waals surface area contributed by atoms with Crippen molar-refractivity contribution < 1.29 is 23.7 Å². The highest BCUT2D eigenvalue weighted by Gasteiger charge is 2.26. The number of fused-ring (bicyclic) bond motifs is 2. The summed E-state index contributed by atoms with van der Waals surface area (Å²) >= 11 is 0. The van der Waals surface area contributed by atoms with Crippen molar-refractivity contribution in [3.05, 3.63) is 47.5 Å². The van der Waals surface area contributed by atoms with Crippen molar-refractivity contribution in [1.29, 1.82) is 0 Å². The Morgan fingerprint density at radius 2 is 1.81 bits per heavy atom. The number of aromatic nitrogens is 3. The number of nitrogens with one attached hydrogen (secondary N) is 1. The second-order valence-electron chi connectivity index (χ2n) is 8.61. The van der Waals surface area contributed by atoms with E-state index in [1.54, 1.807) is 25.9 Å². The molecular formula is C26H29N5O5. The highest BCUT2D eigenvalue weighted by atomic mass is 16.5. The molecule has 36 heavy (non-hydrogen) atoms. The third kappa shape index (κ3) is 4.24. The van der Waals surface area contributed by atoms with E-state index >= 15 is 0 Å². The molecule has 1 saturated heterocycles. The highest BCUT2D eigenvalue weighted by molar-refractivity contribution is 6.10. The number of carbonyl (C=O) groups is 1. The number of hydrogen-bond donors (Lipinski definition) is 2. The van der Waals surface area contributed by atoms with Gasteiger partial charge in [0.15, 0.2) is 17.1 Å². The molecule has 3 N–H and O–H groups in total. The first kappa shape index (κ1) is 23.7. The molecule has 1 aliphatic heterocycles. The lowest BCUT2D eigenvalue weighted by atomic mass is 10.1. The summed E-state index contributed by atoms with van der Waals surface area (Å²) in [4.78, 5) is 22.9. The van der Waals surface area contributed by atoms with E-state index in [1.807, 2.05) is 36.4 Å². The van der Waals surface area contributed by atoms with Crippen LogP contribution in [-0.2, 0) is 11.3 Å². The summed E-state index contributed by atoms with van der Waals surface area (Å²) in [5.41, 5.74) is 10.1. The molecule has 2 aromatic heterocycles. The summed E-state index contributed by atoms with van der Waals surface area (Å²) < 4.78 is 23.9. The maximum absolute atomic E-state index is 13.3. The molecule has 1 unspecified atom stereocenters. The van der Waals surface area contributed by atoms with Crippen LogP contribution in [0.2, 0.25) is 0 Å². The van der Waals surface area contributed by atoms with Crippen molar-refractivity contribution in [1.82, 2.24) is 19.9 Å². The number of rotatable bonds is 8. The Labute approximate surface area is 208 Å². The van der Waals surface area contributed by atoms with Gasteiger partial charge in [-0.25, -0.2) is 9.97 Å². The normalized spacial score (nSPS) is 15.4. The van der Waals surface area contributed by atoms with E-state index in [9.17, 15) is 4.79 Å². The number of benzene rings is 2. The van der Waals surface area contributed by atoms with E-state index in [2.05, 4.69) is 5.32 Å². The fourth-order valence-electron chi connectivity index (χ4n) is 4.61. The van der Waals surface area contributed by atoms with E-state index in [0.717, 1.165) is 18.4 Å². The zero-order valence-electron chi connectivity index (χ0n) is 20.5. The van der Waals surface area contributed by atoms with Crippen molar-refractivity contribution in [2.24, 2.45) is 0 Å². The Morgan fingerprint density at radius 3 is 2.42 bits per heavy atom. The molecule has 10 nitrogen and oxygen atoms in total. The van der Waals surface area contributed by atoms with Crippen molar-refractivity contribution in [2.75, 3.05) is 40.2 Å². The van der Waals surface area contributed by atoms with Gasteiger partial charge in [0, 0.05) is 13.2 Å². The second kappa shape index (κ2) is 9.90. The molecule has 188 valence electrons. The second-order valence-corrected chi connectivity index (χ2v) is 8.61. The lowest BCUT2D eigenvalue weighted by Crippen LogP contribution is -2.32. The lowest BCUT2D eigenvalue weighted by molar-refractivity contribution is 0.0859. The molecule has 10 heteroatoms. The minimum absolute atomic E-state index is 0.00895. The monoisotopic (exact) mass is 491 g/mol. The van der Waals surface area contributed by atoms with Gasteiger partial charge >= 0.3 is 0 Å². The van der Waals surface area contributed by atoms with Gasteiger partial charge in [-0.15, -0.1) is 0 Å². The summed E-state index contributed by atoms with van der Waals surface area (Å²) in [5, 5.41) is 2.97. The van der Waals surface area contributed by atoms with Gasteiger partial charge in [0.1, 0.15) is 16.9 Å². The van der Waals surface area contributed by atoms with Gasteiger partial charge in [-0.2, -0.15) is 0 Å². The molecule has 4 aromatic rings. The predicted molar refractivity (Wildman–Crippen MR) is 136 cm³/mol. The molecule has 3 heterocycles. The van der Waals surface area contributed by atoms with Gasteiger partial charge in [-0.3, -0.25) is 4.79 Å². The average molecular weight is 492 g/mol. The third-order valence-electron chi connectivity index (χ3n) is 6.40. The Bertz CT molecular complexity index is 1400. The summed E-state index contributed by atoms with van der Waals surface area (Å²) in [7, 11) is 4.68. The van der Waals surface area contributed by atoms with Crippen LogP contribution < -0.4 is 25.3 Å². The Morgan fingerprint density at radius 1 is 1.11 bits per heavy atom. The fourth-order valence-corrected chi connectivity index (χ4v) is 4.61. The number of para-hydroxylation sites is 2. The maximum Gasteiger partial charge on any atom is 0.257 e. The minimum Gasteiger partial charge on any atom is -0.493 e. The average Bonchev–Trinajstić information content (AvgIpc) is 3.51. The van der Waals surface area contributed by atoms with E-state index < -0.39 is 0 Å². The standard InChI is InChI=1S/C26H29N5O5/c1-33-19-11-15(12-20(34-2)23(19)35-3)14-31-24(27)21(26(32)28-13-16-7-6-10-36-16)22-25(31)30-18-9-5-4-8-17(18)29-22/h4-5,8-9,11-12,16H,6-7,10,13-14,27H2,1-3H3,(H,28,32). The summed E-state index contributed by atoms with van der Waals surface area (Å²) in [6, 6.07) is 11.2. The van der Waals surface area contributed by atoms with Crippen LogP contribution in [0.3, 0.4) is 0 Å². The predicted octanol–water partition coefficient (Wildman–Crippen LogP) is 3.15. The smallest absolute Gasteiger partial charge is 0.257 e. The third-order valence-corrected chi connectivity index (χ3v) is 6.40. The van der Waals surface area contributed by atoms with Gasteiger partial charge in [0.05, 0.1) is 45.0 Å². The van der Waals surface area contributed by atoms with Crippen LogP contribution >= 0.6 is 0 Å². The fraction of sp³-hybridized carbons (Fsp3) is 0.346. The Kier molecular flexibility index (Phi) is 6.51. The number of hydrogen-bond acceptors (Lipinski definition) is 8. The first-order valence-corrected chi connectivity index (χ1v) is 11.8. The van der Waals surface area contributed by atoms with Crippen molar-refractivity contribution >= 4 is 33.9 Å².